The maximum Gasteiger partial charge on any atom is 0.249 e. The summed E-state index contributed by atoms with van der Waals surface area (Å²) in [4.78, 5) is 14.5. The van der Waals surface area contributed by atoms with Gasteiger partial charge >= 0.3 is 0 Å². The Balaban J connectivity index is 1.52. The summed E-state index contributed by atoms with van der Waals surface area (Å²) in [5.74, 6) is 0.0757. The second kappa shape index (κ2) is 6.58. The zero-order chi connectivity index (χ0) is 14.7. The number of ether oxygens (including phenoxy) is 1. The van der Waals surface area contributed by atoms with Gasteiger partial charge in [0.05, 0.1) is 0 Å². The SMILES string of the molecule is CC(c1ccccc1)N1CCC(NC(=O)C2CCCO2)C1. The molecule has 2 heterocycles. The van der Waals surface area contributed by atoms with Gasteiger partial charge in [0.1, 0.15) is 6.10 Å². The minimum Gasteiger partial charge on any atom is -0.368 e. The summed E-state index contributed by atoms with van der Waals surface area (Å²) in [5, 5.41) is 3.15. The average Bonchev–Trinajstić information content (AvgIpc) is 3.19. The average molecular weight is 288 g/mol. The molecule has 114 valence electrons. The second-order valence-electron chi connectivity index (χ2n) is 6.08. The van der Waals surface area contributed by atoms with Crippen molar-refractivity contribution in [1.29, 1.82) is 0 Å². The van der Waals surface area contributed by atoms with Crippen LogP contribution < -0.4 is 5.32 Å². The van der Waals surface area contributed by atoms with Crippen molar-refractivity contribution < 1.29 is 9.53 Å². The first-order valence-corrected chi connectivity index (χ1v) is 7.95. The van der Waals surface area contributed by atoms with Gasteiger partial charge in [0.25, 0.3) is 0 Å². The van der Waals surface area contributed by atoms with Crippen LogP contribution in [0.15, 0.2) is 30.3 Å². The first-order valence-electron chi connectivity index (χ1n) is 7.95. The summed E-state index contributed by atoms with van der Waals surface area (Å²) < 4.78 is 5.44. The Bertz CT molecular complexity index is 471. The van der Waals surface area contributed by atoms with Gasteiger partial charge in [-0.2, -0.15) is 0 Å². The third-order valence-corrected chi connectivity index (χ3v) is 4.62. The van der Waals surface area contributed by atoms with Crippen LogP contribution in [0, 0.1) is 0 Å². The molecule has 1 aromatic carbocycles. The molecular formula is C17H24N2O2. The lowest BCUT2D eigenvalue weighted by atomic mass is 10.1. The van der Waals surface area contributed by atoms with Crippen molar-refractivity contribution in [2.75, 3.05) is 19.7 Å². The topological polar surface area (TPSA) is 41.6 Å². The third-order valence-electron chi connectivity index (χ3n) is 4.62. The first kappa shape index (κ1) is 14.5. The van der Waals surface area contributed by atoms with Crippen LogP contribution in [0.25, 0.3) is 0 Å². The molecule has 4 nitrogen and oxygen atoms in total. The highest BCUT2D eigenvalue weighted by Gasteiger charge is 2.30. The van der Waals surface area contributed by atoms with Gasteiger partial charge in [-0.25, -0.2) is 0 Å². The number of carbonyl (C=O) groups is 1. The number of likely N-dealkylation sites (tertiary alicyclic amines) is 1. The van der Waals surface area contributed by atoms with Crippen molar-refractivity contribution in [2.24, 2.45) is 0 Å². The van der Waals surface area contributed by atoms with Crippen molar-refractivity contribution in [2.45, 2.75) is 44.4 Å². The molecule has 0 bridgehead atoms. The first-order chi connectivity index (χ1) is 10.2. The molecule has 0 saturated carbocycles. The minimum absolute atomic E-state index is 0.0757. The summed E-state index contributed by atoms with van der Waals surface area (Å²) in [6, 6.07) is 11.2. The van der Waals surface area contributed by atoms with Gasteiger partial charge in [-0.3, -0.25) is 9.69 Å². The smallest absolute Gasteiger partial charge is 0.249 e. The lowest BCUT2D eigenvalue weighted by Crippen LogP contribution is -2.42. The highest BCUT2D eigenvalue weighted by atomic mass is 16.5. The number of benzene rings is 1. The van der Waals surface area contributed by atoms with E-state index in [1.54, 1.807) is 0 Å². The zero-order valence-corrected chi connectivity index (χ0v) is 12.6. The van der Waals surface area contributed by atoms with E-state index in [1.807, 2.05) is 6.07 Å². The molecule has 1 aromatic rings. The van der Waals surface area contributed by atoms with Crippen LogP contribution in [0.4, 0.5) is 0 Å². The number of nitrogens with zero attached hydrogens (tertiary/aromatic N) is 1. The summed E-state index contributed by atoms with van der Waals surface area (Å²) >= 11 is 0. The zero-order valence-electron chi connectivity index (χ0n) is 12.6. The molecule has 3 unspecified atom stereocenters. The highest BCUT2D eigenvalue weighted by molar-refractivity contribution is 5.81. The highest BCUT2D eigenvalue weighted by Crippen LogP contribution is 2.24. The van der Waals surface area contributed by atoms with E-state index < -0.39 is 0 Å². The van der Waals surface area contributed by atoms with Crippen LogP contribution in [0.2, 0.25) is 0 Å². The Morgan fingerprint density at radius 2 is 2.14 bits per heavy atom. The van der Waals surface area contributed by atoms with Gasteiger partial charge in [0, 0.05) is 31.8 Å². The molecular weight excluding hydrogens is 264 g/mol. The Morgan fingerprint density at radius 1 is 1.33 bits per heavy atom. The van der Waals surface area contributed by atoms with Crippen molar-refractivity contribution in [1.82, 2.24) is 10.2 Å². The maximum atomic E-state index is 12.1. The fourth-order valence-electron chi connectivity index (χ4n) is 3.28. The summed E-state index contributed by atoms with van der Waals surface area (Å²) in [7, 11) is 0. The fourth-order valence-corrected chi connectivity index (χ4v) is 3.28. The van der Waals surface area contributed by atoms with Crippen molar-refractivity contribution in [3.8, 4) is 0 Å². The predicted octanol–water partition coefficient (Wildman–Crippen LogP) is 2.12. The van der Waals surface area contributed by atoms with E-state index in [0.717, 1.165) is 39.0 Å². The van der Waals surface area contributed by atoms with E-state index in [4.69, 9.17) is 4.74 Å². The molecule has 4 heteroatoms. The molecule has 0 aliphatic carbocycles. The van der Waals surface area contributed by atoms with E-state index in [0.29, 0.717) is 6.04 Å². The second-order valence-corrected chi connectivity index (χ2v) is 6.08. The van der Waals surface area contributed by atoms with E-state index in [9.17, 15) is 4.79 Å². The third kappa shape index (κ3) is 3.44. The molecule has 21 heavy (non-hydrogen) atoms. The summed E-state index contributed by atoms with van der Waals surface area (Å²) in [6.45, 7) is 4.92. The van der Waals surface area contributed by atoms with Crippen LogP contribution in [0.5, 0.6) is 0 Å². The quantitative estimate of drug-likeness (QED) is 0.922. The standard InChI is InChI=1S/C17H24N2O2/c1-13(14-6-3-2-4-7-14)19-10-9-15(12-19)18-17(20)16-8-5-11-21-16/h2-4,6-7,13,15-16H,5,8-12H2,1H3,(H,18,20). The maximum absolute atomic E-state index is 12.1. The molecule has 0 radical (unpaired) electrons. The summed E-state index contributed by atoms with van der Waals surface area (Å²) in [6.07, 6.45) is 2.67. The molecule has 2 fully saturated rings. The van der Waals surface area contributed by atoms with Crippen molar-refractivity contribution >= 4 is 5.91 Å². The van der Waals surface area contributed by atoms with Crippen LogP contribution in [0.3, 0.4) is 0 Å². The molecule has 1 amide bonds. The number of hydrogen-bond acceptors (Lipinski definition) is 3. The Hall–Kier alpha value is -1.39. The Morgan fingerprint density at radius 3 is 2.86 bits per heavy atom. The number of rotatable bonds is 4. The molecule has 0 aromatic heterocycles. The van der Waals surface area contributed by atoms with Crippen molar-refractivity contribution in [3.05, 3.63) is 35.9 Å². The minimum atomic E-state index is -0.217. The van der Waals surface area contributed by atoms with Crippen LogP contribution in [0.1, 0.15) is 37.8 Å². The van der Waals surface area contributed by atoms with Gasteiger partial charge in [0.2, 0.25) is 5.91 Å². The molecule has 0 spiro atoms. The molecule has 2 aliphatic rings. The van der Waals surface area contributed by atoms with E-state index in [2.05, 4.69) is 41.4 Å². The molecule has 2 saturated heterocycles. The van der Waals surface area contributed by atoms with E-state index >= 15 is 0 Å². The predicted molar refractivity (Wildman–Crippen MR) is 82.0 cm³/mol. The van der Waals surface area contributed by atoms with Crippen LogP contribution >= 0.6 is 0 Å². The largest absolute Gasteiger partial charge is 0.368 e. The normalized spacial score (nSPS) is 27.7. The van der Waals surface area contributed by atoms with Gasteiger partial charge in [-0.05, 0) is 31.7 Å². The van der Waals surface area contributed by atoms with Gasteiger partial charge in [-0.1, -0.05) is 30.3 Å². The molecule has 2 aliphatic heterocycles. The lowest BCUT2D eigenvalue weighted by Gasteiger charge is -2.25. The Labute approximate surface area is 126 Å². The molecule has 1 N–H and O–H groups in total. The van der Waals surface area contributed by atoms with Crippen LogP contribution in [-0.2, 0) is 9.53 Å². The van der Waals surface area contributed by atoms with Gasteiger partial charge < -0.3 is 10.1 Å². The van der Waals surface area contributed by atoms with Crippen molar-refractivity contribution in [3.63, 3.8) is 0 Å². The van der Waals surface area contributed by atoms with Gasteiger partial charge in [-0.15, -0.1) is 0 Å². The number of carbonyl (C=O) groups excluding carboxylic acids is 1. The monoisotopic (exact) mass is 288 g/mol. The number of amides is 1. The fraction of sp³-hybridized carbons (Fsp3) is 0.588. The Kier molecular flexibility index (Phi) is 4.56. The number of nitrogens with one attached hydrogen (secondary N) is 1. The van der Waals surface area contributed by atoms with Crippen LogP contribution in [-0.4, -0.2) is 42.6 Å². The van der Waals surface area contributed by atoms with E-state index in [-0.39, 0.29) is 18.1 Å². The molecule has 3 atom stereocenters. The lowest BCUT2D eigenvalue weighted by molar-refractivity contribution is -0.130. The van der Waals surface area contributed by atoms with E-state index in [1.165, 1.54) is 5.56 Å². The van der Waals surface area contributed by atoms with Gasteiger partial charge in [0.15, 0.2) is 0 Å². The number of hydrogen-bond donors (Lipinski definition) is 1. The summed E-state index contributed by atoms with van der Waals surface area (Å²) in [5.41, 5.74) is 1.34. The molecule has 3 rings (SSSR count).